The summed E-state index contributed by atoms with van der Waals surface area (Å²) in [4.78, 5) is 2.27. The van der Waals surface area contributed by atoms with Crippen molar-refractivity contribution in [3.8, 4) is 0 Å². The average Bonchev–Trinajstić information content (AvgIpc) is 2.05. The monoisotopic (exact) mass is 157 g/mol. The first-order chi connectivity index (χ1) is 5.29. The molecular formula is C9H19NO. The van der Waals surface area contributed by atoms with Gasteiger partial charge in [-0.15, -0.1) is 0 Å². The Balaban J connectivity index is 3.85. The third-order valence-corrected chi connectivity index (χ3v) is 1.82. The molecule has 0 spiro atoms. The molecule has 0 amide bonds. The fourth-order valence-corrected chi connectivity index (χ4v) is 1.18. The van der Waals surface area contributed by atoms with Crippen molar-refractivity contribution in [3.05, 3.63) is 12.8 Å². The van der Waals surface area contributed by atoms with E-state index in [-0.39, 0.29) is 6.23 Å². The highest BCUT2D eigenvalue weighted by atomic mass is 16.5. The quantitative estimate of drug-likeness (QED) is 0.433. The first-order valence-electron chi connectivity index (χ1n) is 4.30. The van der Waals surface area contributed by atoms with E-state index >= 15 is 0 Å². The van der Waals surface area contributed by atoms with Crippen molar-refractivity contribution in [3.63, 3.8) is 0 Å². The first kappa shape index (κ1) is 10.5. The van der Waals surface area contributed by atoms with Crippen molar-refractivity contribution >= 4 is 0 Å². The van der Waals surface area contributed by atoms with Gasteiger partial charge in [-0.25, -0.2) is 0 Å². The lowest BCUT2D eigenvalue weighted by molar-refractivity contribution is -0.00429. The van der Waals surface area contributed by atoms with Crippen LogP contribution in [-0.4, -0.2) is 24.2 Å². The van der Waals surface area contributed by atoms with E-state index < -0.39 is 0 Å². The SMILES string of the molecule is C=COC(CC)N(CC)CC. The van der Waals surface area contributed by atoms with E-state index in [0.29, 0.717) is 0 Å². The molecular weight excluding hydrogens is 138 g/mol. The van der Waals surface area contributed by atoms with Gasteiger partial charge in [-0.1, -0.05) is 27.4 Å². The highest BCUT2D eigenvalue weighted by Gasteiger charge is 2.11. The predicted molar refractivity (Wildman–Crippen MR) is 48.3 cm³/mol. The number of hydrogen-bond donors (Lipinski definition) is 0. The maximum absolute atomic E-state index is 5.32. The summed E-state index contributed by atoms with van der Waals surface area (Å²) in [5.74, 6) is 0. The Kier molecular flexibility index (Phi) is 5.94. The second-order valence-electron chi connectivity index (χ2n) is 2.39. The molecule has 0 fully saturated rings. The van der Waals surface area contributed by atoms with Gasteiger partial charge in [-0.05, 0) is 19.5 Å². The van der Waals surface area contributed by atoms with Crippen molar-refractivity contribution in [2.24, 2.45) is 0 Å². The van der Waals surface area contributed by atoms with Crippen molar-refractivity contribution in [2.45, 2.75) is 33.4 Å². The van der Waals surface area contributed by atoms with Gasteiger partial charge in [0.05, 0.1) is 6.26 Å². The smallest absolute Gasteiger partial charge is 0.151 e. The van der Waals surface area contributed by atoms with E-state index in [2.05, 4.69) is 32.3 Å². The number of hydrogen-bond acceptors (Lipinski definition) is 2. The Bertz CT molecular complexity index is 99.7. The molecule has 2 heteroatoms. The summed E-state index contributed by atoms with van der Waals surface area (Å²) >= 11 is 0. The van der Waals surface area contributed by atoms with E-state index in [1.54, 1.807) is 0 Å². The molecule has 0 heterocycles. The van der Waals surface area contributed by atoms with Crippen LogP contribution in [0.4, 0.5) is 0 Å². The van der Waals surface area contributed by atoms with Gasteiger partial charge >= 0.3 is 0 Å². The van der Waals surface area contributed by atoms with Crippen LogP contribution in [0.3, 0.4) is 0 Å². The molecule has 0 aliphatic heterocycles. The van der Waals surface area contributed by atoms with Gasteiger partial charge in [0.25, 0.3) is 0 Å². The van der Waals surface area contributed by atoms with Crippen molar-refractivity contribution < 1.29 is 4.74 Å². The zero-order valence-corrected chi connectivity index (χ0v) is 7.84. The molecule has 0 N–H and O–H groups in total. The van der Waals surface area contributed by atoms with Crippen LogP contribution in [0.1, 0.15) is 27.2 Å². The van der Waals surface area contributed by atoms with Crippen LogP contribution in [-0.2, 0) is 4.74 Å². The lowest BCUT2D eigenvalue weighted by atomic mass is 10.3. The van der Waals surface area contributed by atoms with E-state index in [0.717, 1.165) is 19.5 Å². The van der Waals surface area contributed by atoms with Crippen LogP contribution in [0.5, 0.6) is 0 Å². The van der Waals surface area contributed by atoms with Crippen LogP contribution in [0.2, 0.25) is 0 Å². The summed E-state index contributed by atoms with van der Waals surface area (Å²) in [6.45, 7) is 12.0. The molecule has 1 unspecified atom stereocenters. The predicted octanol–water partition coefficient (Wildman–Crippen LogP) is 2.22. The third kappa shape index (κ3) is 3.42. The van der Waals surface area contributed by atoms with E-state index in [4.69, 9.17) is 4.74 Å². The molecule has 0 aliphatic carbocycles. The fourth-order valence-electron chi connectivity index (χ4n) is 1.18. The van der Waals surface area contributed by atoms with Gasteiger partial charge in [-0.2, -0.15) is 0 Å². The van der Waals surface area contributed by atoms with Crippen LogP contribution in [0.15, 0.2) is 12.8 Å². The topological polar surface area (TPSA) is 12.5 Å². The van der Waals surface area contributed by atoms with Gasteiger partial charge < -0.3 is 4.74 Å². The Morgan fingerprint density at radius 1 is 1.36 bits per heavy atom. The molecule has 0 aromatic heterocycles. The zero-order chi connectivity index (χ0) is 8.69. The molecule has 0 aromatic rings. The molecule has 0 rings (SSSR count). The van der Waals surface area contributed by atoms with Gasteiger partial charge in [0.1, 0.15) is 0 Å². The first-order valence-corrected chi connectivity index (χ1v) is 4.30. The second kappa shape index (κ2) is 6.23. The molecule has 2 nitrogen and oxygen atoms in total. The summed E-state index contributed by atoms with van der Waals surface area (Å²) in [7, 11) is 0. The van der Waals surface area contributed by atoms with Crippen LogP contribution in [0, 0.1) is 0 Å². The molecule has 0 bridgehead atoms. The molecule has 11 heavy (non-hydrogen) atoms. The van der Waals surface area contributed by atoms with Gasteiger partial charge in [-0.3, -0.25) is 4.90 Å². The summed E-state index contributed by atoms with van der Waals surface area (Å²) in [6, 6.07) is 0. The van der Waals surface area contributed by atoms with Crippen molar-refractivity contribution in [1.29, 1.82) is 0 Å². The summed E-state index contributed by atoms with van der Waals surface area (Å²) in [6.07, 6.45) is 2.74. The molecule has 0 saturated heterocycles. The van der Waals surface area contributed by atoms with Gasteiger partial charge in [0.2, 0.25) is 0 Å². The largest absolute Gasteiger partial charge is 0.483 e. The Morgan fingerprint density at radius 3 is 2.18 bits per heavy atom. The van der Waals surface area contributed by atoms with E-state index in [1.807, 2.05) is 0 Å². The van der Waals surface area contributed by atoms with Crippen molar-refractivity contribution in [1.82, 2.24) is 4.90 Å². The minimum Gasteiger partial charge on any atom is -0.483 e. The van der Waals surface area contributed by atoms with E-state index in [1.165, 1.54) is 6.26 Å². The standard InChI is InChI=1S/C9H19NO/c1-5-9(11-8-4)10(6-2)7-3/h8-9H,4-7H2,1-3H3. The van der Waals surface area contributed by atoms with Crippen LogP contribution >= 0.6 is 0 Å². The molecule has 66 valence electrons. The normalized spacial score (nSPS) is 13.1. The van der Waals surface area contributed by atoms with Crippen molar-refractivity contribution in [2.75, 3.05) is 13.1 Å². The molecule has 0 saturated carbocycles. The molecule has 0 aromatic carbocycles. The molecule has 0 radical (unpaired) electrons. The van der Waals surface area contributed by atoms with Crippen LogP contribution in [0.25, 0.3) is 0 Å². The maximum Gasteiger partial charge on any atom is 0.151 e. The zero-order valence-electron chi connectivity index (χ0n) is 7.84. The summed E-state index contributed by atoms with van der Waals surface area (Å²) < 4.78 is 5.32. The Hall–Kier alpha value is -0.500. The fraction of sp³-hybridized carbons (Fsp3) is 0.778. The van der Waals surface area contributed by atoms with Gasteiger partial charge in [0.15, 0.2) is 6.23 Å². The third-order valence-electron chi connectivity index (χ3n) is 1.82. The minimum atomic E-state index is 0.211. The summed E-state index contributed by atoms with van der Waals surface area (Å²) in [5, 5.41) is 0. The lowest BCUT2D eigenvalue weighted by Gasteiger charge is -2.27. The highest BCUT2D eigenvalue weighted by molar-refractivity contribution is 4.62. The number of ether oxygens (including phenoxy) is 1. The lowest BCUT2D eigenvalue weighted by Crippen LogP contribution is -2.35. The second-order valence-corrected chi connectivity index (χ2v) is 2.39. The Morgan fingerprint density at radius 2 is 1.91 bits per heavy atom. The Labute approximate surface area is 69.8 Å². The van der Waals surface area contributed by atoms with Crippen LogP contribution < -0.4 is 0 Å². The average molecular weight is 157 g/mol. The highest BCUT2D eigenvalue weighted by Crippen LogP contribution is 2.04. The minimum absolute atomic E-state index is 0.211. The molecule has 0 aliphatic rings. The maximum atomic E-state index is 5.32. The summed E-state index contributed by atoms with van der Waals surface area (Å²) in [5.41, 5.74) is 0. The van der Waals surface area contributed by atoms with E-state index in [9.17, 15) is 0 Å². The molecule has 1 atom stereocenters. The number of nitrogens with zero attached hydrogens (tertiary/aromatic N) is 1. The number of rotatable bonds is 6. The van der Waals surface area contributed by atoms with Gasteiger partial charge in [0, 0.05) is 0 Å².